The fourth-order valence-electron chi connectivity index (χ4n) is 2.03. The number of aryl methyl sites for hydroxylation is 1. The van der Waals surface area contributed by atoms with Crippen LogP contribution in [0.3, 0.4) is 0 Å². The van der Waals surface area contributed by atoms with Gasteiger partial charge in [0, 0.05) is 23.5 Å². The highest BCUT2D eigenvalue weighted by molar-refractivity contribution is 6.05. The fourth-order valence-corrected chi connectivity index (χ4v) is 2.03. The van der Waals surface area contributed by atoms with Crippen LogP contribution in [-0.4, -0.2) is 20.0 Å². The molecule has 114 valence electrons. The molecule has 1 N–H and O–H groups in total. The van der Waals surface area contributed by atoms with E-state index in [1.165, 1.54) is 6.08 Å². The molecule has 0 heterocycles. The number of anilines is 1. The summed E-state index contributed by atoms with van der Waals surface area (Å²) in [6.07, 6.45) is 3.12. The Kier molecular flexibility index (Phi) is 5.20. The minimum Gasteiger partial charge on any atom is -0.493 e. The van der Waals surface area contributed by atoms with Gasteiger partial charge in [-0.05, 0) is 42.8 Å². The van der Waals surface area contributed by atoms with Crippen molar-refractivity contribution in [3.8, 4) is 11.5 Å². The zero-order valence-electron chi connectivity index (χ0n) is 12.9. The topological polar surface area (TPSA) is 47.6 Å². The van der Waals surface area contributed by atoms with Gasteiger partial charge in [-0.3, -0.25) is 4.79 Å². The monoisotopic (exact) mass is 297 g/mol. The predicted molar refractivity (Wildman–Crippen MR) is 87.8 cm³/mol. The molecule has 2 aromatic rings. The number of ketones is 1. The second-order valence-corrected chi connectivity index (χ2v) is 4.78. The first-order valence-corrected chi connectivity index (χ1v) is 6.90. The number of carbonyl (C=O) groups excluding carboxylic acids is 1. The molecule has 0 amide bonds. The minimum absolute atomic E-state index is 0.110. The molecule has 0 unspecified atom stereocenters. The van der Waals surface area contributed by atoms with E-state index in [4.69, 9.17) is 9.47 Å². The van der Waals surface area contributed by atoms with Crippen LogP contribution in [0.1, 0.15) is 15.9 Å². The van der Waals surface area contributed by atoms with Crippen LogP contribution in [0.25, 0.3) is 0 Å². The summed E-state index contributed by atoms with van der Waals surface area (Å²) in [6, 6.07) is 13.0. The minimum atomic E-state index is -0.110. The Morgan fingerprint density at radius 2 is 1.82 bits per heavy atom. The van der Waals surface area contributed by atoms with Gasteiger partial charge in [-0.2, -0.15) is 0 Å². The van der Waals surface area contributed by atoms with Gasteiger partial charge in [0.1, 0.15) is 0 Å². The van der Waals surface area contributed by atoms with Gasteiger partial charge in [-0.15, -0.1) is 0 Å². The molecule has 2 rings (SSSR count). The number of hydrogen-bond acceptors (Lipinski definition) is 4. The Labute approximate surface area is 130 Å². The first-order chi connectivity index (χ1) is 10.6. The van der Waals surface area contributed by atoms with Crippen molar-refractivity contribution in [1.82, 2.24) is 0 Å². The van der Waals surface area contributed by atoms with Crippen molar-refractivity contribution in [2.45, 2.75) is 6.92 Å². The molecule has 0 aliphatic carbocycles. The molecule has 0 aliphatic heterocycles. The summed E-state index contributed by atoms with van der Waals surface area (Å²) in [6.45, 7) is 2.02. The number of ether oxygens (including phenoxy) is 2. The maximum Gasteiger partial charge on any atom is 0.187 e. The second-order valence-electron chi connectivity index (χ2n) is 4.78. The van der Waals surface area contributed by atoms with Crippen LogP contribution in [0.5, 0.6) is 11.5 Å². The summed E-state index contributed by atoms with van der Waals surface area (Å²) in [5.74, 6) is 1.02. The van der Waals surface area contributed by atoms with Crippen molar-refractivity contribution >= 4 is 11.5 Å². The van der Waals surface area contributed by atoms with E-state index in [2.05, 4.69) is 5.32 Å². The van der Waals surface area contributed by atoms with Gasteiger partial charge in [0.2, 0.25) is 0 Å². The highest BCUT2D eigenvalue weighted by atomic mass is 16.5. The van der Waals surface area contributed by atoms with E-state index in [1.807, 2.05) is 31.2 Å². The van der Waals surface area contributed by atoms with Crippen molar-refractivity contribution in [2.75, 3.05) is 19.5 Å². The summed E-state index contributed by atoms with van der Waals surface area (Å²) >= 11 is 0. The largest absolute Gasteiger partial charge is 0.493 e. The standard InChI is InChI=1S/C18H19NO3/c1-13-5-4-6-15(11-13)19-10-9-16(20)14-7-8-17(21-2)18(12-14)22-3/h4-12,19H,1-3H3/b10-9-. The number of methoxy groups -OCH3 is 2. The zero-order valence-corrected chi connectivity index (χ0v) is 12.9. The molecular weight excluding hydrogens is 278 g/mol. The lowest BCUT2D eigenvalue weighted by molar-refractivity contribution is 0.104. The highest BCUT2D eigenvalue weighted by Crippen LogP contribution is 2.27. The van der Waals surface area contributed by atoms with E-state index in [0.29, 0.717) is 17.1 Å². The number of allylic oxidation sites excluding steroid dienone is 1. The number of benzene rings is 2. The molecule has 0 aliphatic rings. The zero-order chi connectivity index (χ0) is 15.9. The highest BCUT2D eigenvalue weighted by Gasteiger charge is 2.08. The molecule has 4 nitrogen and oxygen atoms in total. The third kappa shape index (κ3) is 3.88. The van der Waals surface area contributed by atoms with E-state index in [1.54, 1.807) is 38.6 Å². The first kappa shape index (κ1) is 15.6. The molecule has 0 saturated carbocycles. The third-order valence-electron chi connectivity index (χ3n) is 3.17. The van der Waals surface area contributed by atoms with Gasteiger partial charge in [0.25, 0.3) is 0 Å². The maximum atomic E-state index is 12.1. The van der Waals surface area contributed by atoms with Crippen LogP contribution >= 0.6 is 0 Å². The SMILES string of the molecule is COc1ccc(C(=O)/C=C\Nc2cccc(C)c2)cc1OC. The first-order valence-electron chi connectivity index (χ1n) is 6.90. The van der Waals surface area contributed by atoms with Crippen LogP contribution in [0.15, 0.2) is 54.7 Å². The van der Waals surface area contributed by atoms with Crippen molar-refractivity contribution in [1.29, 1.82) is 0 Å². The summed E-state index contributed by atoms with van der Waals surface area (Å²) < 4.78 is 10.4. The van der Waals surface area contributed by atoms with Gasteiger partial charge in [0.15, 0.2) is 17.3 Å². The number of rotatable bonds is 6. The van der Waals surface area contributed by atoms with Gasteiger partial charge < -0.3 is 14.8 Å². The number of hydrogen-bond donors (Lipinski definition) is 1. The quantitative estimate of drug-likeness (QED) is 0.650. The van der Waals surface area contributed by atoms with E-state index < -0.39 is 0 Å². The normalized spacial score (nSPS) is 10.5. The lowest BCUT2D eigenvalue weighted by Gasteiger charge is -2.08. The van der Waals surface area contributed by atoms with Crippen LogP contribution in [0.4, 0.5) is 5.69 Å². The second kappa shape index (κ2) is 7.31. The van der Waals surface area contributed by atoms with Crippen LogP contribution in [0, 0.1) is 6.92 Å². The molecule has 0 bridgehead atoms. The van der Waals surface area contributed by atoms with Crippen molar-refractivity contribution in [2.24, 2.45) is 0 Å². The fraction of sp³-hybridized carbons (Fsp3) is 0.167. The Hall–Kier alpha value is -2.75. The smallest absolute Gasteiger partial charge is 0.187 e. The molecular formula is C18H19NO3. The van der Waals surface area contributed by atoms with Crippen LogP contribution < -0.4 is 14.8 Å². The van der Waals surface area contributed by atoms with Crippen molar-refractivity contribution in [3.63, 3.8) is 0 Å². The molecule has 2 aromatic carbocycles. The van der Waals surface area contributed by atoms with Crippen molar-refractivity contribution in [3.05, 3.63) is 65.9 Å². The molecule has 0 aromatic heterocycles. The average Bonchev–Trinajstić information content (AvgIpc) is 2.54. The lowest BCUT2D eigenvalue weighted by atomic mass is 10.1. The van der Waals surface area contributed by atoms with Gasteiger partial charge in [-0.25, -0.2) is 0 Å². The average molecular weight is 297 g/mol. The van der Waals surface area contributed by atoms with Crippen LogP contribution in [0.2, 0.25) is 0 Å². The van der Waals surface area contributed by atoms with E-state index in [0.717, 1.165) is 11.3 Å². The molecule has 22 heavy (non-hydrogen) atoms. The third-order valence-corrected chi connectivity index (χ3v) is 3.17. The molecule has 0 spiro atoms. The molecule has 0 saturated heterocycles. The Bertz CT molecular complexity index is 692. The van der Waals surface area contributed by atoms with E-state index in [9.17, 15) is 4.79 Å². The summed E-state index contributed by atoms with van der Waals surface area (Å²) in [7, 11) is 3.10. The summed E-state index contributed by atoms with van der Waals surface area (Å²) in [5, 5.41) is 3.08. The molecule has 0 radical (unpaired) electrons. The molecule has 0 fully saturated rings. The lowest BCUT2D eigenvalue weighted by Crippen LogP contribution is -1.98. The molecule has 4 heteroatoms. The van der Waals surface area contributed by atoms with Crippen molar-refractivity contribution < 1.29 is 14.3 Å². The van der Waals surface area contributed by atoms with E-state index >= 15 is 0 Å². The van der Waals surface area contributed by atoms with Gasteiger partial charge >= 0.3 is 0 Å². The van der Waals surface area contributed by atoms with Gasteiger partial charge in [0.05, 0.1) is 14.2 Å². The van der Waals surface area contributed by atoms with Gasteiger partial charge in [-0.1, -0.05) is 12.1 Å². The Morgan fingerprint density at radius 1 is 1.05 bits per heavy atom. The predicted octanol–water partition coefficient (Wildman–Crippen LogP) is 3.82. The maximum absolute atomic E-state index is 12.1. The summed E-state index contributed by atoms with van der Waals surface area (Å²) in [5.41, 5.74) is 2.64. The van der Waals surface area contributed by atoms with Crippen LogP contribution in [-0.2, 0) is 0 Å². The number of nitrogens with one attached hydrogen (secondary N) is 1. The Morgan fingerprint density at radius 3 is 2.50 bits per heavy atom. The number of carbonyl (C=O) groups is 1. The van der Waals surface area contributed by atoms with E-state index in [-0.39, 0.29) is 5.78 Å². The summed E-state index contributed by atoms with van der Waals surface area (Å²) in [4.78, 5) is 12.1. The molecule has 0 atom stereocenters. The Balaban J connectivity index is 2.07.